The number of fused-ring (bicyclic) bond motifs is 2. The van der Waals surface area contributed by atoms with E-state index in [2.05, 4.69) is 0 Å². The summed E-state index contributed by atoms with van der Waals surface area (Å²) in [6.45, 7) is 4.14. The van der Waals surface area contributed by atoms with E-state index in [-0.39, 0.29) is 30.2 Å². The molecule has 1 unspecified atom stereocenters. The molecule has 3 heterocycles. The van der Waals surface area contributed by atoms with Crippen LogP contribution >= 0.6 is 0 Å². The van der Waals surface area contributed by atoms with Crippen LogP contribution in [0, 0.1) is 0 Å². The van der Waals surface area contributed by atoms with Crippen molar-refractivity contribution in [1.29, 1.82) is 0 Å². The molecule has 2 aliphatic heterocycles. The Balaban J connectivity index is 1.65. The van der Waals surface area contributed by atoms with Crippen molar-refractivity contribution < 1.29 is 33.6 Å². The number of aliphatic carboxylic acids is 1. The average molecular weight is 403 g/mol. The van der Waals surface area contributed by atoms with Gasteiger partial charge in [0.2, 0.25) is 0 Å². The molecule has 0 spiro atoms. The first-order valence-electron chi connectivity index (χ1n) is 9.75. The van der Waals surface area contributed by atoms with Crippen LogP contribution in [0.1, 0.15) is 36.7 Å². The molecule has 0 radical (unpaired) electrons. The van der Waals surface area contributed by atoms with Crippen molar-refractivity contribution in [2.24, 2.45) is 0 Å². The molecule has 1 N–H and O–H groups in total. The molecule has 0 saturated carbocycles. The molecule has 29 heavy (non-hydrogen) atoms. The smallest absolute Gasteiger partial charge is 0.326 e. The van der Waals surface area contributed by atoms with Gasteiger partial charge in [-0.3, -0.25) is 4.79 Å². The van der Waals surface area contributed by atoms with Crippen molar-refractivity contribution in [2.75, 3.05) is 20.3 Å². The van der Waals surface area contributed by atoms with E-state index in [1.165, 1.54) is 6.92 Å². The number of carboxylic acids is 1. The van der Waals surface area contributed by atoms with Crippen LogP contribution in [0.15, 0.2) is 24.4 Å². The minimum atomic E-state index is -0.931. The number of ketones is 1. The van der Waals surface area contributed by atoms with Gasteiger partial charge in [-0.2, -0.15) is 0 Å². The van der Waals surface area contributed by atoms with Crippen LogP contribution in [-0.2, 0) is 19.0 Å². The minimum Gasteiger partial charge on any atom is -0.485 e. The second kappa shape index (κ2) is 7.78. The lowest BCUT2D eigenvalue weighted by molar-refractivity contribution is -0.140. The van der Waals surface area contributed by atoms with E-state index in [0.717, 1.165) is 0 Å². The van der Waals surface area contributed by atoms with Crippen molar-refractivity contribution in [3.8, 4) is 5.75 Å². The molecule has 4 rings (SSSR count). The van der Waals surface area contributed by atoms with Gasteiger partial charge in [-0.25, -0.2) is 4.79 Å². The number of ether oxygens (including phenoxy) is 4. The van der Waals surface area contributed by atoms with Crippen molar-refractivity contribution in [3.05, 3.63) is 30.0 Å². The lowest BCUT2D eigenvalue weighted by atomic mass is 10.1. The topological polar surface area (TPSA) is 96.2 Å². The van der Waals surface area contributed by atoms with E-state index >= 15 is 0 Å². The number of nitrogens with zero attached hydrogens (tertiary/aromatic N) is 1. The number of Topliss-reactive ketones (excluding diaryl/α,β-unsaturated/α-hetero) is 1. The van der Waals surface area contributed by atoms with E-state index in [1.54, 1.807) is 43.0 Å². The SMILES string of the molecule is CCC(C(=O)O)n1cc(C(C)=O)c2cc(O[C@@H]3CO[C@H]4[C@@H]3OC[C@H]4OC)ccc21. The highest BCUT2D eigenvalue weighted by Crippen LogP contribution is 2.34. The highest BCUT2D eigenvalue weighted by molar-refractivity contribution is 6.07. The van der Waals surface area contributed by atoms with Crippen LogP contribution in [0.4, 0.5) is 0 Å². The maximum Gasteiger partial charge on any atom is 0.326 e. The van der Waals surface area contributed by atoms with Gasteiger partial charge in [-0.05, 0) is 31.5 Å². The number of benzene rings is 1. The molecular weight excluding hydrogens is 378 g/mol. The molecule has 1 aromatic carbocycles. The number of carboxylic acid groups (broad SMARTS) is 1. The number of hydrogen-bond donors (Lipinski definition) is 1. The number of methoxy groups -OCH3 is 1. The van der Waals surface area contributed by atoms with Crippen LogP contribution in [-0.4, -0.2) is 66.2 Å². The van der Waals surface area contributed by atoms with Crippen LogP contribution in [0.25, 0.3) is 10.9 Å². The second-order valence-electron chi connectivity index (χ2n) is 7.47. The molecule has 0 amide bonds. The Hall–Kier alpha value is -2.42. The van der Waals surface area contributed by atoms with Crippen LogP contribution < -0.4 is 4.74 Å². The number of hydrogen-bond acceptors (Lipinski definition) is 6. The summed E-state index contributed by atoms with van der Waals surface area (Å²) in [6.07, 6.45) is 1.30. The van der Waals surface area contributed by atoms with Gasteiger partial charge in [0.1, 0.15) is 30.1 Å². The quantitative estimate of drug-likeness (QED) is 0.709. The maximum atomic E-state index is 12.2. The van der Waals surface area contributed by atoms with E-state index in [1.807, 2.05) is 0 Å². The van der Waals surface area contributed by atoms with Gasteiger partial charge in [-0.15, -0.1) is 0 Å². The molecule has 2 saturated heterocycles. The van der Waals surface area contributed by atoms with Gasteiger partial charge in [0.05, 0.1) is 13.2 Å². The highest BCUT2D eigenvalue weighted by Gasteiger charge is 2.49. The van der Waals surface area contributed by atoms with Crippen molar-refractivity contribution in [3.63, 3.8) is 0 Å². The summed E-state index contributed by atoms with van der Waals surface area (Å²) in [6, 6.07) is 4.63. The Morgan fingerprint density at radius 1 is 1.24 bits per heavy atom. The molecule has 156 valence electrons. The second-order valence-corrected chi connectivity index (χ2v) is 7.47. The Morgan fingerprint density at radius 3 is 2.55 bits per heavy atom. The first kappa shape index (κ1) is 19.9. The zero-order chi connectivity index (χ0) is 20.7. The standard InChI is InChI=1S/C21H25NO7/c1-4-15(21(24)25)22-8-14(11(2)23)13-7-12(5-6-16(13)22)29-18-10-28-19-17(26-3)9-27-20(18)19/h5-8,15,17-20H,4,9-10H2,1-3H3,(H,24,25)/t15?,17-,18-,19-,20-/m1/s1. The first-order valence-corrected chi connectivity index (χ1v) is 9.75. The lowest BCUT2D eigenvalue weighted by Crippen LogP contribution is -2.35. The average Bonchev–Trinajstić information content (AvgIpc) is 3.37. The van der Waals surface area contributed by atoms with Crippen LogP contribution in [0.3, 0.4) is 0 Å². The Kier molecular flexibility index (Phi) is 5.33. The summed E-state index contributed by atoms with van der Waals surface area (Å²) in [4.78, 5) is 23.8. The van der Waals surface area contributed by atoms with E-state index in [9.17, 15) is 14.7 Å². The third-order valence-corrected chi connectivity index (χ3v) is 5.74. The zero-order valence-corrected chi connectivity index (χ0v) is 16.7. The van der Waals surface area contributed by atoms with E-state index in [4.69, 9.17) is 18.9 Å². The first-order chi connectivity index (χ1) is 13.9. The number of rotatable bonds is 7. The highest BCUT2D eigenvalue weighted by atomic mass is 16.6. The van der Waals surface area contributed by atoms with Crippen molar-refractivity contribution in [1.82, 2.24) is 4.57 Å². The molecule has 2 fully saturated rings. The van der Waals surface area contributed by atoms with Crippen LogP contribution in [0.2, 0.25) is 0 Å². The maximum absolute atomic E-state index is 12.2. The Bertz CT molecular complexity index is 936. The zero-order valence-electron chi connectivity index (χ0n) is 16.7. The molecule has 8 heteroatoms. The monoisotopic (exact) mass is 403 g/mol. The summed E-state index contributed by atoms with van der Waals surface area (Å²) < 4.78 is 24.7. The van der Waals surface area contributed by atoms with E-state index in [0.29, 0.717) is 41.9 Å². The molecular formula is C21H25NO7. The Labute approximate surface area is 168 Å². The molecule has 0 bridgehead atoms. The summed E-state index contributed by atoms with van der Waals surface area (Å²) in [7, 11) is 1.64. The summed E-state index contributed by atoms with van der Waals surface area (Å²) in [5.74, 6) is -0.475. The summed E-state index contributed by atoms with van der Waals surface area (Å²) >= 11 is 0. The predicted octanol–water partition coefficient (Wildman–Crippen LogP) is 2.44. The molecule has 8 nitrogen and oxygen atoms in total. The fraction of sp³-hybridized carbons (Fsp3) is 0.524. The molecule has 1 aromatic heterocycles. The third kappa shape index (κ3) is 3.41. The molecule has 5 atom stereocenters. The van der Waals surface area contributed by atoms with Gasteiger partial charge in [0.25, 0.3) is 0 Å². The van der Waals surface area contributed by atoms with E-state index < -0.39 is 12.0 Å². The minimum absolute atomic E-state index is 0.101. The van der Waals surface area contributed by atoms with Gasteiger partial charge >= 0.3 is 5.97 Å². The predicted molar refractivity (Wildman–Crippen MR) is 104 cm³/mol. The number of carbonyl (C=O) groups excluding carboxylic acids is 1. The van der Waals surface area contributed by atoms with Crippen LogP contribution in [0.5, 0.6) is 5.75 Å². The number of carbonyl (C=O) groups is 2. The van der Waals surface area contributed by atoms with Gasteiger partial charge in [0.15, 0.2) is 11.9 Å². The summed E-state index contributed by atoms with van der Waals surface area (Å²) in [5, 5.41) is 10.2. The van der Waals surface area contributed by atoms with Crippen molar-refractivity contribution >= 4 is 22.7 Å². The molecule has 0 aliphatic carbocycles. The fourth-order valence-corrected chi connectivity index (χ4v) is 4.24. The lowest BCUT2D eigenvalue weighted by Gasteiger charge is -2.18. The van der Waals surface area contributed by atoms with Gasteiger partial charge < -0.3 is 28.6 Å². The van der Waals surface area contributed by atoms with Crippen molar-refractivity contribution in [2.45, 2.75) is 50.7 Å². The Morgan fingerprint density at radius 2 is 1.93 bits per heavy atom. The third-order valence-electron chi connectivity index (χ3n) is 5.74. The normalized spacial score (nSPS) is 27.1. The molecule has 2 aromatic rings. The van der Waals surface area contributed by atoms with Gasteiger partial charge in [-0.1, -0.05) is 6.92 Å². The fourth-order valence-electron chi connectivity index (χ4n) is 4.24. The largest absolute Gasteiger partial charge is 0.485 e. The number of aromatic nitrogens is 1. The van der Waals surface area contributed by atoms with Gasteiger partial charge in [0, 0.05) is 29.8 Å². The summed E-state index contributed by atoms with van der Waals surface area (Å²) in [5.41, 5.74) is 1.16. The molecule has 2 aliphatic rings.